The first-order valence-electron chi connectivity index (χ1n) is 8.27. The van der Waals surface area contributed by atoms with E-state index in [4.69, 9.17) is 0 Å². The van der Waals surface area contributed by atoms with E-state index in [-0.39, 0.29) is 24.0 Å². The third-order valence-electron chi connectivity index (χ3n) is 4.49. The van der Waals surface area contributed by atoms with Gasteiger partial charge in [0.15, 0.2) is 10.9 Å². The summed E-state index contributed by atoms with van der Waals surface area (Å²) in [7, 11) is 1.82. The molecule has 132 valence electrons. The Morgan fingerprint density at radius 2 is 2.20 bits per heavy atom. The summed E-state index contributed by atoms with van der Waals surface area (Å²) in [5, 5.41) is 8.97. The first-order valence-corrected chi connectivity index (χ1v) is 9.15. The van der Waals surface area contributed by atoms with Gasteiger partial charge in [-0.3, -0.25) is 9.39 Å². The molecule has 0 saturated heterocycles. The first kappa shape index (κ1) is 18.2. The van der Waals surface area contributed by atoms with Gasteiger partial charge in [-0.15, -0.1) is 35.3 Å². The zero-order valence-corrected chi connectivity index (χ0v) is 17.3. The molecule has 1 unspecified atom stereocenters. The standard InChI is InChI=1S/C18H21N5S.HI/c1-19-17(20-11-16-12-23-8-9-24-18(23)22-16)21-15-7-6-13-4-2-3-5-14(13)10-15;/h2-5,8-9,12,15H,6-7,10-11H2,1H3,(H2,19,20,21);1H. The molecule has 0 radical (unpaired) electrons. The van der Waals surface area contributed by atoms with E-state index in [0.29, 0.717) is 12.6 Å². The molecule has 0 saturated carbocycles. The summed E-state index contributed by atoms with van der Waals surface area (Å²) in [6.45, 7) is 0.678. The van der Waals surface area contributed by atoms with Gasteiger partial charge in [-0.05, 0) is 30.4 Å². The number of hydrogen-bond donors (Lipinski definition) is 2. The SMILES string of the molecule is CN=C(NCc1cn2ccsc2n1)NC1CCc2ccccc2C1.I. The van der Waals surface area contributed by atoms with E-state index < -0.39 is 0 Å². The van der Waals surface area contributed by atoms with Crippen LogP contribution in [-0.4, -0.2) is 28.4 Å². The summed E-state index contributed by atoms with van der Waals surface area (Å²) in [6.07, 6.45) is 7.41. The van der Waals surface area contributed by atoms with Crippen molar-refractivity contribution in [2.45, 2.75) is 31.8 Å². The molecular weight excluding hydrogens is 445 g/mol. The summed E-state index contributed by atoms with van der Waals surface area (Å²) in [4.78, 5) is 9.98. The van der Waals surface area contributed by atoms with Crippen molar-refractivity contribution in [3.63, 3.8) is 0 Å². The Bertz CT molecular complexity index is 841. The fraction of sp³-hybridized carbons (Fsp3) is 0.333. The van der Waals surface area contributed by atoms with Gasteiger partial charge in [0.25, 0.3) is 0 Å². The number of fused-ring (bicyclic) bond motifs is 2. The molecule has 0 fully saturated rings. The van der Waals surface area contributed by atoms with E-state index in [1.807, 2.05) is 18.6 Å². The third-order valence-corrected chi connectivity index (χ3v) is 5.26. The van der Waals surface area contributed by atoms with E-state index >= 15 is 0 Å². The van der Waals surface area contributed by atoms with E-state index in [2.05, 4.69) is 55.5 Å². The number of hydrogen-bond acceptors (Lipinski definition) is 3. The molecule has 7 heteroatoms. The summed E-state index contributed by atoms with van der Waals surface area (Å²) in [5.74, 6) is 0.843. The van der Waals surface area contributed by atoms with E-state index in [1.54, 1.807) is 11.3 Å². The normalized spacial score (nSPS) is 17.0. The second-order valence-electron chi connectivity index (χ2n) is 6.10. The molecule has 4 rings (SSSR count). The fourth-order valence-electron chi connectivity index (χ4n) is 3.24. The highest BCUT2D eigenvalue weighted by Crippen LogP contribution is 2.21. The molecule has 0 aliphatic heterocycles. The van der Waals surface area contributed by atoms with Crippen molar-refractivity contribution in [2.24, 2.45) is 4.99 Å². The third kappa shape index (κ3) is 4.14. The maximum Gasteiger partial charge on any atom is 0.193 e. The molecule has 1 atom stereocenters. The smallest absolute Gasteiger partial charge is 0.193 e. The van der Waals surface area contributed by atoms with Crippen LogP contribution in [0.1, 0.15) is 23.2 Å². The van der Waals surface area contributed by atoms with Crippen LogP contribution in [0, 0.1) is 0 Å². The average Bonchev–Trinajstić information content (AvgIpc) is 3.20. The largest absolute Gasteiger partial charge is 0.353 e. The van der Waals surface area contributed by atoms with E-state index in [0.717, 1.165) is 35.9 Å². The summed E-state index contributed by atoms with van der Waals surface area (Å²) >= 11 is 1.65. The second-order valence-corrected chi connectivity index (χ2v) is 6.98. The Kier molecular flexibility index (Phi) is 5.95. The first-order chi connectivity index (χ1) is 11.8. The van der Waals surface area contributed by atoms with Gasteiger partial charge in [0.1, 0.15) is 0 Å². The predicted molar refractivity (Wildman–Crippen MR) is 114 cm³/mol. The predicted octanol–water partition coefficient (Wildman–Crippen LogP) is 3.24. The minimum atomic E-state index is 0. The molecular formula is C18H22IN5S. The van der Waals surface area contributed by atoms with E-state index in [1.165, 1.54) is 11.1 Å². The maximum atomic E-state index is 4.59. The molecule has 3 aromatic rings. The van der Waals surface area contributed by atoms with Crippen molar-refractivity contribution >= 4 is 46.2 Å². The van der Waals surface area contributed by atoms with Crippen LogP contribution < -0.4 is 10.6 Å². The van der Waals surface area contributed by atoms with Gasteiger partial charge in [0.2, 0.25) is 0 Å². The number of benzene rings is 1. The lowest BCUT2D eigenvalue weighted by Gasteiger charge is -2.27. The van der Waals surface area contributed by atoms with Gasteiger partial charge >= 0.3 is 0 Å². The monoisotopic (exact) mass is 467 g/mol. The summed E-state index contributed by atoms with van der Waals surface area (Å²) in [5.41, 5.74) is 3.96. The van der Waals surface area contributed by atoms with E-state index in [9.17, 15) is 0 Å². The highest BCUT2D eigenvalue weighted by molar-refractivity contribution is 14.0. The number of imidazole rings is 1. The zero-order chi connectivity index (χ0) is 16.4. The van der Waals surface area contributed by atoms with Gasteiger partial charge in [-0.25, -0.2) is 4.98 Å². The second kappa shape index (κ2) is 8.18. The fourth-order valence-corrected chi connectivity index (χ4v) is 3.96. The van der Waals surface area contributed by atoms with Gasteiger partial charge in [-0.1, -0.05) is 24.3 Å². The van der Waals surface area contributed by atoms with Crippen LogP contribution in [0.2, 0.25) is 0 Å². The van der Waals surface area contributed by atoms with Crippen LogP contribution in [0.5, 0.6) is 0 Å². The maximum absolute atomic E-state index is 4.59. The summed E-state index contributed by atoms with van der Waals surface area (Å²) in [6, 6.07) is 9.15. The number of nitrogens with zero attached hydrogens (tertiary/aromatic N) is 3. The highest BCUT2D eigenvalue weighted by atomic mass is 127. The minimum Gasteiger partial charge on any atom is -0.353 e. The zero-order valence-electron chi connectivity index (χ0n) is 14.1. The number of aliphatic imine (C=N–C) groups is 1. The lowest BCUT2D eigenvalue weighted by molar-refractivity contribution is 0.520. The molecule has 0 spiro atoms. The average molecular weight is 467 g/mol. The molecule has 2 aromatic heterocycles. The molecule has 2 heterocycles. The Labute approximate surface area is 168 Å². The van der Waals surface area contributed by atoms with Crippen LogP contribution in [0.15, 0.2) is 47.0 Å². The molecule has 5 nitrogen and oxygen atoms in total. The lowest BCUT2D eigenvalue weighted by Crippen LogP contribution is -2.45. The van der Waals surface area contributed by atoms with Crippen LogP contribution in [0.25, 0.3) is 4.96 Å². The van der Waals surface area contributed by atoms with Crippen molar-refractivity contribution in [2.75, 3.05) is 7.05 Å². The topological polar surface area (TPSA) is 53.7 Å². The van der Waals surface area contributed by atoms with Gasteiger partial charge < -0.3 is 10.6 Å². The van der Waals surface area contributed by atoms with Gasteiger partial charge in [-0.2, -0.15) is 0 Å². The van der Waals surface area contributed by atoms with Gasteiger partial charge in [0, 0.05) is 30.9 Å². The molecule has 0 amide bonds. The molecule has 1 aliphatic rings. The number of guanidine groups is 1. The summed E-state index contributed by atoms with van der Waals surface area (Å²) < 4.78 is 2.05. The molecule has 1 aromatic carbocycles. The number of rotatable bonds is 3. The number of nitrogens with one attached hydrogen (secondary N) is 2. The molecule has 25 heavy (non-hydrogen) atoms. The Balaban J connectivity index is 0.00000182. The Morgan fingerprint density at radius 1 is 1.36 bits per heavy atom. The highest BCUT2D eigenvalue weighted by Gasteiger charge is 2.19. The van der Waals surface area contributed by atoms with Crippen molar-refractivity contribution < 1.29 is 0 Å². The number of aryl methyl sites for hydroxylation is 1. The molecule has 0 bridgehead atoms. The number of thiazole rings is 1. The van der Waals surface area contributed by atoms with Crippen LogP contribution in [0.4, 0.5) is 0 Å². The quantitative estimate of drug-likeness (QED) is 0.354. The number of halogens is 1. The number of aromatic nitrogens is 2. The molecule has 1 aliphatic carbocycles. The van der Waals surface area contributed by atoms with Crippen molar-refractivity contribution in [3.05, 3.63) is 58.9 Å². The molecule has 2 N–H and O–H groups in total. The van der Waals surface area contributed by atoms with Crippen LogP contribution >= 0.6 is 35.3 Å². The van der Waals surface area contributed by atoms with Crippen molar-refractivity contribution in [3.8, 4) is 0 Å². The van der Waals surface area contributed by atoms with Crippen LogP contribution in [-0.2, 0) is 19.4 Å². The Morgan fingerprint density at radius 3 is 3.00 bits per heavy atom. The Hall–Kier alpha value is -1.61. The van der Waals surface area contributed by atoms with Crippen molar-refractivity contribution in [1.82, 2.24) is 20.0 Å². The van der Waals surface area contributed by atoms with Gasteiger partial charge in [0.05, 0.1) is 12.2 Å². The minimum absolute atomic E-state index is 0. The van der Waals surface area contributed by atoms with Crippen molar-refractivity contribution in [1.29, 1.82) is 0 Å². The lowest BCUT2D eigenvalue weighted by atomic mass is 9.88. The van der Waals surface area contributed by atoms with Crippen LogP contribution in [0.3, 0.4) is 0 Å².